The number of hydrogen-bond acceptors (Lipinski definition) is 4. The highest BCUT2D eigenvalue weighted by atomic mass is 16.3. The van der Waals surface area contributed by atoms with Crippen LogP contribution in [0, 0.1) is 0 Å². The van der Waals surface area contributed by atoms with Crippen molar-refractivity contribution in [2.75, 3.05) is 18.0 Å². The molecule has 1 aromatic carbocycles. The second-order valence-corrected chi connectivity index (χ2v) is 6.21. The summed E-state index contributed by atoms with van der Waals surface area (Å²) >= 11 is 0. The van der Waals surface area contributed by atoms with Gasteiger partial charge in [0.2, 0.25) is 0 Å². The number of aromatic nitrogens is 2. The van der Waals surface area contributed by atoms with Crippen LogP contribution < -0.4 is 4.90 Å². The fourth-order valence-corrected chi connectivity index (χ4v) is 3.56. The average molecular weight is 295 g/mol. The topological polar surface area (TPSA) is 49.3 Å². The molecule has 4 rings (SSSR count). The lowest BCUT2D eigenvalue weighted by Crippen LogP contribution is -2.31. The Labute approximate surface area is 130 Å². The second kappa shape index (κ2) is 5.59. The molecule has 1 N–H and O–H groups in total. The number of aryl methyl sites for hydroxylation is 1. The summed E-state index contributed by atoms with van der Waals surface area (Å²) in [7, 11) is 0. The van der Waals surface area contributed by atoms with Crippen molar-refractivity contribution in [3.05, 3.63) is 35.5 Å². The van der Waals surface area contributed by atoms with E-state index >= 15 is 0 Å². The van der Waals surface area contributed by atoms with Crippen LogP contribution in [-0.2, 0) is 12.8 Å². The van der Waals surface area contributed by atoms with E-state index in [1.807, 2.05) is 18.2 Å². The quantitative estimate of drug-likeness (QED) is 0.923. The van der Waals surface area contributed by atoms with Gasteiger partial charge in [-0.2, -0.15) is 0 Å². The van der Waals surface area contributed by atoms with Gasteiger partial charge in [0, 0.05) is 24.3 Å². The third-order valence-corrected chi connectivity index (χ3v) is 4.71. The van der Waals surface area contributed by atoms with Crippen molar-refractivity contribution in [3.8, 4) is 17.1 Å². The van der Waals surface area contributed by atoms with Crippen LogP contribution in [0.25, 0.3) is 11.4 Å². The predicted molar refractivity (Wildman–Crippen MR) is 87.2 cm³/mol. The minimum absolute atomic E-state index is 0.255. The number of fused-ring (bicyclic) bond motifs is 1. The third-order valence-electron chi connectivity index (χ3n) is 4.71. The summed E-state index contributed by atoms with van der Waals surface area (Å²) in [5, 5.41) is 10.1. The Balaban J connectivity index is 1.82. The number of piperidine rings is 1. The van der Waals surface area contributed by atoms with Crippen molar-refractivity contribution in [3.63, 3.8) is 0 Å². The molecule has 0 amide bonds. The molecule has 0 bridgehead atoms. The summed E-state index contributed by atoms with van der Waals surface area (Å²) in [5.41, 5.74) is 3.24. The molecule has 0 atom stereocenters. The zero-order chi connectivity index (χ0) is 14.9. The molecule has 1 aromatic heterocycles. The number of para-hydroxylation sites is 1. The summed E-state index contributed by atoms with van der Waals surface area (Å²) in [4.78, 5) is 12.0. The SMILES string of the molecule is Oc1ccccc1-c1nc2c(c(N3CCCCC3)n1)CCC2. The van der Waals surface area contributed by atoms with Gasteiger partial charge in [0.1, 0.15) is 11.6 Å². The molecule has 1 aliphatic heterocycles. The number of benzene rings is 1. The van der Waals surface area contributed by atoms with Gasteiger partial charge in [0.15, 0.2) is 5.82 Å². The van der Waals surface area contributed by atoms with E-state index < -0.39 is 0 Å². The highest BCUT2D eigenvalue weighted by Gasteiger charge is 2.24. The Hall–Kier alpha value is -2.10. The smallest absolute Gasteiger partial charge is 0.165 e. The standard InChI is InChI=1S/C18H21N3O/c22-16-10-3-2-7-14(16)17-19-15-9-6-8-13(15)18(20-17)21-11-4-1-5-12-21/h2-3,7,10,22H,1,4-6,8-9,11-12H2. The van der Waals surface area contributed by atoms with E-state index in [2.05, 4.69) is 4.90 Å². The molecular weight excluding hydrogens is 274 g/mol. The van der Waals surface area contributed by atoms with Crippen molar-refractivity contribution in [1.29, 1.82) is 0 Å². The lowest BCUT2D eigenvalue weighted by molar-refractivity contribution is 0.477. The molecule has 2 heterocycles. The fourth-order valence-electron chi connectivity index (χ4n) is 3.56. The number of nitrogens with zero attached hydrogens (tertiary/aromatic N) is 3. The maximum Gasteiger partial charge on any atom is 0.165 e. The van der Waals surface area contributed by atoms with E-state index in [-0.39, 0.29) is 5.75 Å². The maximum absolute atomic E-state index is 10.1. The molecular formula is C18H21N3O. The molecule has 2 aromatic rings. The maximum atomic E-state index is 10.1. The summed E-state index contributed by atoms with van der Waals surface area (Å²) in [6, 6.07) is 7.35. The van der Waals surface area contributed by atoms with Gasteiger partial charge in [0.25, 0.3) is 0 Å². The Morgan fingerprint density at radius 1 is 0.909 bits per heavy atom. The third kappa shape index (κ3) is 2.32. The largest absolute Gasteiger partial charge is 0.507 e. The van der Waals surface area contributed by atoms with Crippen LogP contribution in [0.15, 0.2) is 24.3 Å². The second-order valence-electron chi connectivity index (χ2n) is 6.21. The zero-order valence-corrected chi connectivity index (χ0v) is 12.8. The number of phenols is 1. The number of hydrogen-bond donors (Lipinski definition) is 1. The van der Waals surface area contributed by atoms with Crippen molar-refractivity contribution in [2.24, 2.45) is 0 Å². The van der Waals surface area contributed by atoms with Crippen molar-refractivity contribution in [2.45, 2.75) is 38.5 Å². The molecule has 4 nitrogen and oxygen atoms in total. The van der Waals surface area contributed by atoms with Crippen LogP contribution in [0.2, 0.25) is 0 Å². The predicted octanol–water partition coefficient (Wildman–Crippen LogP) is 3.33. The van der Waals surface area contributed by atoms with Crippen molar-refractivity contribution < 1.29 is 5.11 Å². The van der Waals surface area contributed by atoms with E-state index in [4.69, 9.17) is 9.97 Å². The van der Waals surface area contributed by atoms with E-state index in [9.17, 15) is 5.11 Å². The molecule has 114 valence electrons. The Bertz CT molecular complexity index is 693. The van der Waals surface area contributed by atoms with Crippen LogP contribution in [0.1, 0.15) is 36.9 Å². The van der Waals surface area contributed by atoms with Gasteiger partial charge in [-0.1, -0.05) is 12.1 Å². The first-order valence-corrected chi connectivity index (χ1v) is 8.26. The van der Waals surface area contributed by atoms with Crippen LogP contribution in [0.4, 0.5) is 5.82 Å². The van der Waals surface area contributed by atoms with Crippen LogP contribution >= 0.6 is 0 Å². The molecule has 0 saturated carbocycles. The molecule has 0 spiro atoms. The Morgan fingerprint density at radius 3 is 2.55 bits per heavy atom. The molecule has 22 heavy (non-hydrogen) atoms. The van der Waals surface area contributed by atoms with Gasteiger partial charge >= 0.3 is 0 Å². The van der Waals surface area contributed by atoms with E-state index in [1.165, 1.54) is 30.5 Å². The summed E-state index contributed by atoms with van der Waals surface area (Å²) in [6.07, 6.45) is 7.07. The summed E-state index contributed by atoms with van der Waals surface area (Å²) < 4.78 is 0. The highest BCUT2D eigenvalue weighted by Crippen LogP contribution is 2.34. The highest BCUT2D eigenvalue weighted by molar-refractivity contribution is 5.66. The van der Waals surface area contributed by atoms with E-state index in [1.54, 1.807) is 6.07 Å². The number of phenolic OH excluding ortho intramolecular Hbond substituents is 1. The molecule has 2 aliphatic rings. The fraction of sp³-hybridized carbons (Fsp3) is 0.444. The molecule has 1 aliphatic carbocycles. The van der Waals surface area contributed by atoms with Gasteiger partial charge in [-0.15, -0.1) is 0 Å². The van der Waals surface area contributed by atoms with Gasteiger partial charge in [-0.25, -0.2) is 9.97 Å². The minimum atomic E-state index is 0.255. The van der Waals surface area contributed by atoms with E-state index in [0.717, 1.165) is 43.7 Å². The molecule has 0 radical (unpaired) electrons. The normalized spacial score (nSPS) is 17.5. The first-order chi connectivity index (χ1) is 10.8. The van der Waals surface area contributed by atoms with Crippen LogP contribution in [0.3, 0.4) is 0 Å². The lowest BCUT2D eigenvalue weighted by atomic mass is 10.1. The zero-order valence-electron chi connectivity index (χ0n) is 12.8. The van der Waals surface area contributed by atoms with Gasteiger partial charge in [-0.05, 0) is 50.7 Å². The van der Waals surface area contributed by atoms with Crippen molar-refractivity contribution in [1.82, 2.24) is 9.97 Å². The van der Waals surface area contributed by atoms with Crippen LogP contribution in [0.5, 0.6) is 5.75 Å². The van der Waals surface area contributed by atoms with Gasteiger partial charge < -0.3 is 10.0 Å². The lowest BCUT2D eigenvalue weighted by Gasteiger charge is -2.29. The van der Waals surface area contributed by atoms with Crippen molar-refractivity contribution >= 4 is 5.82 Å². The van der Waals surface area contributed by atoms with Gasteiger partial charge in [0.05, 0.1) is 5.56 Å². The van der Waals surface area contributed by atoms with Gasteiger partial charge in [-0.3, -0.25) is 0 Å². The number of rotatable bonds is 2. The minimum Gasteiger partial charge on any atom is -0.507 e. The van der Waals surface area contributed by atoms with E-state index in [0.29, 0.717) is 5.82 Å². The number of anilines is 1. The summed E-state index contributed by atoms with van der Waals surface area (Å²) in [5.74, 6) is 2.03. The first-order valence-electron chi connectivity index (χ1n) is 8.26. The molecule has 1 saturated heterocycles. The Morgan fingerprint density at radius 2 is 1.73 bits per heavy atom. The molecule has 0 unspecified atom stereocenters. The average Bonchev–Trinajstić information content (AvgIpc) is 3.03. The molecule has 4 heteroatoms. The first kappa shape index (κ1) is 13.6. The monoisotopic (exact) mass is 295 g/mol. The molecule has 1 fully saturated rings. The van der Waals surface area contributed by atoms with Crippen LogP contribution in [-0.4, -0.2) is 28.2 Å². The summed E-state index contributed by atoms with van der Waals surface area (Å²) in [6.45, 7) is 2.17. The Kier molecular flexibility index (Phi) is 3.45. The number of aromatic hydroxyl groups is 1.